The van der Waals surface area contributed by atoms with Crippen LogP contribution in [0.1, 0.15) is 17.4 Å². The number of benzene rings is 1. The summed E-state index contributed by atoms with van der Waals surface area (Å²) < 4.78 is 26.4. The summed E-state index contributed by atoms with van der Waals surface area (Å²) in [5.41, 5.74) is 6.99. The van der Waals surface area contributed by atoms with E-state index in [-0.39, 0.29) is 11.8 Å². The molecule has 21 heavy (non-hydrogen) atoms. The standard InChI is InChI=1S/C15H20N2O2S2/c1-12(10-14-7-5-9-20-14)17(2)21(18,19)11-13-6-3-4-8-15(13)16/h3-9,12H,10-11,16H2,1-2H3. The molecule has 0 aliphatic carbocycles. The quantitative estimate of drug-likeness (QED) is 0.831. The molecule has 4 nitrogen and oxygen atoms in total. The molecule has 0 saturated carbocycles. The van der Waals surface area contributed by atoms with Gasteiger partial charge in [-0.15, -0.1) is 11.3 Å². The molecule has 0 amide bonds. The van der Waals surface area contributed by atoms with Gasteiger partial charge in [-0.1, -0.05) is 24.3 Å². The van der Waals surface area contributed by atoms with Crippen LogP contribution < -0.4 is 5.73 Å². The third-order valence-corrected chi connectivity index (χ3v) is 6.34. The first-order chi connectivity index (χ1) is 9.90. The number of anilines is 1. The highest BCUT2D eigenvalue weighted by molar-refractivity contribution is 7.88. The van der Waals surface area contributed by atoms with Gasteiger partial charge in [0.1, 0.15) is 0 Å². The smallest absolute Gasteiger partial charge is 0.218 e. The number of hydrogen-bond donors (Lipinski definition) is 1. The predicted molar refractivity (Wildman–Crippen MR) is 88.7 cm³/mol. The van der Waals surface area contributed by atoms with E-state index in [1.165, 1.54) is 9.18 Å². The average molecular weight is 324 g/mol. The summed E-state index contributed by atoms with van der Waals surface area (Å²) in [5.74, 6) is -0.0645. The third kappa shape index (κ3) is 4.06. The molecule has 1 atom stereocenters. The highest BCUT2D eigenvalue weighted by Gasteiger charge is 2.24. The van der Waals surface area contributed by atoms with E-state index in [1.54, 1.807) is 42.6 Å². The van der Waals surface area contributed by atoms with Crippen LogP contribution in [0.4, 0.5) is 5.69 Å². The molecule has 0 aliphatic rings. The summed E-state index contributed by atoms with van der Waals surface area (Å²) >= 11 is 1.64. The summed E-state index contributed by atoms with van der Waals surface area (Å²) in [6.07, 6.45) is 0.720. The van der Waals surface area contributed by atoms with Crippen LogP contribution in [0.3, 0.4) is 0 Å². The topological polar surface area (TPSA) is 63.4 Å². The summed E-state index contributed by atoms with van der Waals surface area (Å²) in [4.78, 5) is 1.18. The summed E-state index contributed by atoms with van der Waals surface area (Å²) in [6.45, 7) is 1.92. The second-order valence-electron chi connectivity index (χ2n) is 5.10. The van der Waals surface area contributed by atoms with Crippen molar-refractivity contribution in [1.29, 1.82) is 0 Å². The number of nitrogen functional groups attached to an aromatic ring is 1. The zero-order valence-electron chi connectivity index (χ0n) is 12.2. The number of rotatable bonds is 6. The van der Waals surface area contributed by atoms with Crippen molar-refractivity contribution in [2.75, 3.05) is 12.8 Å². The van der Waals surface area contributed by atoms with E-state index in [9.17, 15) is 8.42 Å². The molecule has 0 spiro atoms. The van der Waals surface area contributed by atoms with Crippen LogP contribution in [-0.4, -0.2) is 25.8 Å². The van der Waals surface area contributed by atoms with Crippen molar-refractivity contribution >= 4 is 27.0 Å². The molecule has 2 aromatic rings. The van der Waals surface area contributed by atoms with Gasteiger partial charge in [0.2, 0.25) is 10.0 Å². The van der Waals surface area contributed by atoms with E-state index in [1.807, 2.05) is 24.4 Å². The van der Waals surface area contributed by atoms with Crippen LogP contribution in [0.25, 0.3) is 0 Å². The first kappa shape index (κ1) is 16.0. The van der Waals surface area contributed by atoms with Crippen LogP contribution in [0.15, 0.2) is 41.8 Å². The minimum Gasteiger partial charge on any atom is -0.398 e. The zero-order chi connectivity index (χ0) is 15.5. The lowest BCUT2D eigenvalue weighted by Crippen LogP contribution is -2.37. The summed E-state index contributed by atoms with van der Waals surface area (Å²) in [7, 11) is -1.75. The normalized spacial score (nSPS) is 13.5. The number of nitrogens with zero attached hydrogens (tertiary/aromatic N) is 1. The lowest BCUT2D eigenvalue weighted by Gasteiger charge is -2.24. The third-order valence-electron chi connectivity index (χ3n) is 3.53. The fourth-order valence-corrected chi connectivity index (χ4v) is 4.40. The molecule has 0 saturated heterocycles. The van der Waals surface area contributed by atoms with Gasteiger partial charge in [0.15, 0.2) is 0 Å². The molecule has 1 unspecified atom stereocenters. The van der Waals surface area contributed by atoms with Gasteiger partial charge in [-0.25, -0.2) is 12.7 Å². The average Bonchev–Trinajstić information content (AvgIpc) is 2.93. The first-order valence-corrected chi connectivity index (χ1v) is 9.20. The highest BCUT2D eigenvalue weighted by Crippen LogP contribution is 2.20. The Bertz CT molecular complexity index is 681. The van der Waals surface area contributed by atoms with Crippen molar-refractivity contribution in [3.8, 4) is 0 Å². The zero-order valence-corrected chi connectivity index (χ0v) is 13.8. The Morgan fingerprint density at radius 2 is 1.95 bits per heavy atom. The van der Waals surface area contributed by atoms with Crippen LogP contribution in [0, 0.1) is 0 Å². The van der Waals surface area contributed by atoms with Crippen molar-refractivity contribution in [1.82, 2.24) is 4.31 Å². The minimum atomic E-state index is -3.38. The van der Waals surface area contributed by atoms with Gasteiger partial charge >= 0.3 is 0 Å². The fourth-order valence-electron chi connectivity index (χ4n) is 2.09. The Morgan fingerprint density at radius 1 is 1.24 bits per heavy atom. The van der Waals surface area contributed by atoms with Gasteiger partial charge in [-0.3, -0.25) is 0 Å². The maximum absolute atomic E-state index is 12.5. The summed E-state index contributed by atoms with van der Waals surface area (Å²) in [5, 5.41) is 2.00. The van der Waals surface area contributed by atoms with Crippen LogP contribution in [-0.2, 0) is 22.2 Å². The molecule has 0 bridgehead atoms. The van der Waals surface area contributed by atoms with Crippen LogP contribution >= 0.6 is 11.3 Å². The Labute approximate surface area is 130 Å². The molecule has 6 heteroatoms. The van der Waals surface area contributed by atoms with Gasteiger partial charge in [-0.05, 0) is 36.4 Å². The Hall–Kier alpha value is -1.37. The lowest BCUT2D eigenvalue weighted by atomic mass is 10.2. The van der Waals surface area contributed by atoms with Crippen molar-refractivity contribution in [2.24, 2.45) is 0 Å². The molecule has 1 aromatic heterocycles. The van der Waals surface area contributed by atoms with Crippen molar-refractivity contribution < 1.29 is 8.42 Å². The van der Waals surface area contributed by atoms with E-state index in [4.69, 9.17) is 5.73 Å². The van der Waals surface area contributed by atoms with Crippen LogP contribution in [0.5, 0.6) is 0 Å². The van der Waals surface area contributed by atoms with E-state index >= 15 is 0 Å². The first-order valence-electron chi connectivity index (χ1n) is 6.71. The number of nitrogens with two attached hydrogens (primary N) is 1. The Balaban J connectivity index is 2.09. The second-order valence-corrected chi connectivity index (χ2v) is 8.16. The molecule has 2 rings (SSSR count). The molecule has 0 aliphatic heterocycles. The number of likely N-dealkylation sites (N-methyl/N-ethyl adjacent to an activating group) is 1. The monoisotopic (exact) mass is 324 g/mol. The number of sulfonamides is 1. The van der Waals surface area contributed by atoms with Crippen molar-refractivity contribution in [3.63, 3.8) is 0 Å². The van der Waals surface area contributed by atoms with E-state index in [0.29, 0.717) is 11.3 Å². The predicted octanol–water partition coefficient (Wildman–Crippen LogP) is 2.72. The largest absolute Gasteiger partial charge is 0.398 e. The molecule has 1 aromatic carbocycles. The van der Waals surface area contributed by atoms with E-state index in [0.717, 1.165) is 6.42 Å². The molecular weight excluding hydrogens is 304 g/mol. The van der Waals surface area contributed by atoms with Gasteiger partial charge in [-0.2, -0.15) is 0 Å². The molecule has 0 fully saturated rings. The molecule has 2 N–H and O–H groups in total. The number of hydrogen-bond acceptors (Lipinski definition) is 4. The van der Waals surface area contributed by atoms with Gasteiger partial charge < -0.3 is 5.73 Å². The van der Waals surface area contributed by atoms with Crippen molar-refractivity contribution in [2.45, 2.75) is 25.1 Å². The number of para-hydroxylation sites is 1. The van der Waals surface area contributed by atoms with E-state index in [2.05, 4.69) is 0 Å². The summed E-state index contributed by atoms with van der Waals surface area (Å²) in [6, 6.07) is 11.0. The van der Waals surface area contributed by atoms with Gasteiger partial charge in [0, 0.05) is 23.7 Å². The van der Waals surface area contributed by atoms with Gasteiger partial charge in [0.05, 0.1) is 5.75 Å². The molecule has 114 valence electrons. The molecule has 0 radical (unpaired) electrons. The van der Waals surface area contributed by atoms with Gasteiger partial charge in [0.25, 0.3) is 0 Å². The fraction of sp³-hybridized carbons (Fsp3) is 0.333. The second kappa shape index (κ2) is 6.60. The maximum Gasteiger partial charge on any atom is 0.218 e. The SMILES string of the molecule is CC(Cc1cccs1)N(C)S(=O)(=O)Cc1ccccc1N. The highest BCUT2D eigenvalue weighted by atomic mass is 32.2. The molecular formula is C15H20N2O2S2. The number of thiophene rings is 1. The Morgan fingerprint density at radius 3 is 2.57 bits per heavy atom. The van der Waals surface area contributed by atoms with Crippen LogP contribution in [0.2, 0.25) is 0 Å². The lowest BCUT2D eigenvalue weighted by molar-refractivity contribution is 0.388. The minimum absolute atomic E-state index is 0.0645. The molecule has 1 heterocycles. The van der Waals surface area contributed by atoms with Crippen molar-refractivity contribution in [3.05, 3.63) is 52.2 Å². The Kier molecular flexibility index (Phi) is 5.03. The van der Waals surface area contributed by atoms with E-state index < -0.39 is 10.0 Å². The maximum atomic E-state index is 12.5.